The van der Waals surface area contributed by atoms with Crippen molar-refractivity contribution >= 4 is 5.69 Å². The number of anilines is 1. The molecule has 7 heteroatoms. The lowest BCUT2D eigenvalue weighted by Crippen LogP contribution is -2.04. The maximum absolute atomic E-state index is 13.3. The minimum absolute atomic E-state index is 0.207. The van der Waals surface area contributed by atoms with Gasteiger partial charge in [-0.3, -0.25) is 0 Å². The topological polar surface area (TPSA) is 107 Å². The third-order valence-electron chi connectivity index (χ3n) is 2.05. The molecule has 0 aliphatic carbocycles. The normalized spacial score (nSPS) is 8.32. The van der Waals surface area contributed by atoms with Gasteiger partial charge in [-0.15, -0.1) is 0 Å². The lowest BCUT2D eigenvalue weighted by Gasteiger charge is -2.07. The molecule has 0 radical (unpaired) electrons. The van der Waals surface area contributed by atoms with E-state index in [9.17, 15) is 8.78 Å². The second-order valence-electron chi connectivity index (χ2n) is 3.11. The maximum Gasteiger partial charge on any atom is 0.178 e. The van der Waals surface area contributed by atoms with Gasteiger partial charge in [0, 0.05) is 0 Å². The first-order valence-electron chi connectivity index (χ1n) is 4.68. The van der Waals surface area contributed by atoms with Gasteiger partial charge in [0.2, 0.25) is 0 Å². The highest BCUT2D eigenvalue weighted by atomic mass is 19.2. The number of nitrogens with one attached hydrogen (secondary N) is 1. The van der Waals surface area contributed by atoms with Gasteiger partial charge in [0.25, 0.3) is 0 Å². The van der Waals surface area contributed by atoms with Gasteiger partial charge in [0.15, 0.2) is 17.2 Å². The summed E-state index contributed by atoms with van der Waals surface area (Å²) in [5.41, 5.74) is -1.84. The summed E-state index contributed by atoms with van der Waals surface area (Å²) >= 11 is 0. The Morgan fingerprint density at radius 2 is 1.63 bits per heavy atom. The van der Waals surface area contributed by atoms with Crippen LogP contribution < -0.4 is 5.32 Å². The van der Waals surface area contributed by atoms with Crippen molar-refractivity contribution in [2.24, 2.45) is 0 Å². The molecule has 0 saturated heterocycles. The molecule has 90 valence electrons. The van der Waals surface area contributed by atoms with E-state index in [1.54, 1.807) is 0 Å². The van der Waals surface area contributed by atoms with Gasteiger partial charge in [-0.05, 0) is 12.1 Å². The molecule has 0 fully saturated rings. The molecule has 0 aliphatic rings. The summed E-state index contributed by atoms with van der Waals surface area (Å²) in [6.07, 6.45) is 0. The standard InChI is InChI=1S/C12H3F2N5/c13-9-1-2-10(8(5-17)12(9)14)19-11(6-18)7(3-15)4-16/h1-2,19H. The molecule has 1 aromatic rings. The van der Waals surface area contributed by atoms with Crippen LogP contribution in [0.15, 0.2) is 23.4 Å². The van der Waals surface area contributed by atoms with Crippen LogP contribution in [0.3, 0.4) is 0 Å². The van der Waals surface area contributed by atoms with Crippen LogP contribution in [-0.4, -0.2) is 0 Å². The highest BCUT2D eigenvalue weighted by Crippen LogP contribution is 2.22. The summed E-state index contributed by atoms with van der Waals surface area (Å²) in [5, 5.41) is 37.0. The molecule has 0 aliphatic heterocycles. The van der Waals surface area contributed by atoms with Crippen LogP contribution in [0.5, 0.6) is 0 Å². The van der Waals surface area contributed by atoms with Crippen molar-refractivity contribution in [3.8, 4) is 24.3 Å². The lowest BCUT2D eigenvalue weighted by atomic mass is 10.1. The van der Waals surface area contributed by atoms with E-state index in [4.69, 9.17) is 21.0 Å². The summed E-state index contributed by atoms with van der Waals surface area (Å²) in [6, 6.07) is 7.69. The van der Waals surface area contributed by atoms with Crippen LogP contribution in [0.2, 0.25) is 0 Å². The van der Waals surface area contributed by atoms with Gasteiger partial charge < -0.3 is 5.32 Å². The van der Waals surface area contributed by atoms with Crippen molar-refractivity contribution < 1.29 is 8.78 Å². The maximum atomic E-state index is 13.3. The van der Waals surface area contributed by atoms with E-state index in [0.29, 0.717) is 0 Å². The summed E-state index contributed by atoms with van der Waals surface area (Å²) in [6.45, 7) is 0. The molecular weight excluding hydrogens is 252 g/mol. The van der Waals surface area contributed by atoms with Crippen molar-refractivity contribution in [2.75, 3.05) is 5.32 Å². The Hall–Kier alpha value is -3.42. The monoisotopic (exact) mass is 255 g/mol. The largest absolute Gasteiger partial charge is 0.344 e. The Morgan fingerprint density at radius 3 is 2.11 bits per heavy atom. The lowest BCUT2D eigenvalue weighted by molar-refractivity contribution is 0.507. The number of halogens is 2. The number of hydrogen-bond donors (Lipinski definition) is 1. The number of allylic oxidation sites excluding steroid dienone is 2. The van der Waals surface area contributed by atoms with Crippen LogP contribution >= 0.6 is 0 Å². The van der Waals surface area contributed by atoms with Crippen molar-refractivity contribution in [3.63, 3.8) is 0 Å². The predicted octanol–water partition coefficient (Wildman–Crippen LogP) is 2.07. The second kappa shape index (κ2) is 5.77. The van der Waals surface area contributed by atoms with E-state index in [1.807, 2.05) is 0 Å². The van der Waals surface area contributed by atoms with Gasteiger partial charge in [-0.2, -0.15) is 21.0 Å². The van der Waals surface area contributed by atoms with Gasteiger partial charge in [-0.25, -0.2) is 8.78 Å². The van der Waals surface area contributed by atoms with Gasteiger partial charge in [-0.1, -0.05) is 0 Å². The van der Waals surface area contributed by atoms with Crippen LogP contribution in [0.25, 0.3) is 0 Å². The zero-order valence-corrected chi connectivity index (χ0v) is 9.20. The first-order chi connectivity index (χ1) is 9.08. The average Bonchev–Trinajstić information content (AvgIpc) is 2.43. The van der Waals surface area contributed by atoms with Crippen molar-refractivity contribution in [1.82, 2.24) is 0 Å². The second-order valence-corrected chi connectivity index (χ2v) is 3.11. The molecule has 0 bridgehead atoms. The molecule has 0 spiro atoms. The van der Waals surface area contributed by atoms with E-state index in [-0.39, 0.29) is 5.69 Å². The number of nitrogens with zero attached hydrogens (tertiary/aromatic N) is 4. The highest BCUT2D eigenvalue weighted by molar-refractivity contribution is 5.65. The SMILES string of the molecule is N#CC(C#N)=C(C#N)Nc1ccc(F)c(F)c1C#N. The smallest absolute Gasteiger partial charge is 0.178 e. The molecule has 0 atom stereocenters. The number of benzene rings is 1. The van der Waals surface area contributed by atoms with Gasteiger partial charge in [0.1, 0.15) is 35.5 Å². The van der Waals surface area contributed by atoms with E-state index in [1.165, 1.54) is 24.3 Å². The fraction of sp³-hybridized carbons (Fsp3) is 0. The third-order valence-corrected chi connectivity index (χ3v) is 2.05. The van der Waals surface area contributed by atoms with Crippen LogP contribution in [0, 0.1) is 57.0 Å². The van der Waals surface area contributed by atoms with Gasteiger partial charge >= 0.3 is 0 Å². The fourth-order valence-electron chi connectivity index (χ4n) is 1.18. The minimum Gasteiger partial charge on any atom is -0.344 e. The van der Waals surface area contributed by atoms with E-state index in [2.05, 4.69) is 5.32 Å². The molecule has 1 N–H and O–H groups in total. The quantitative estimate of drug-likeness (QED) is 0.814. The molecular formula is C12H3F2N5. The molecule has 1 rings (SSSR count). The van der Waals surface area contributed by atoms with Crippen molar-refractivity contribution in [1.29, 1.82) is 21.0 Å². The van der Waals surface area contributed by atoms with Crippen LogP contribution in [-0.2, 0) is 0 Å². The third kappa shape index (κ3) is 2.64. The molecule has 0 aromatic heterocycles. The van der Waals surface area contributed by atoms with Crippen molar-refractivity contribution in [3.05, 3.63) is 40.6 Å². The number of hydrogen-bond acceptors (Lipinski definition) is 5. The minimum atomic E-state index is -1.37. The first-order valence-corrected chi connectivity index (χ1v) is 4.68. The molecule has 5 nitrogen and oxygen atoms in total. The number of rotatable bonds is 2. The molecule has 0 heterocycles. The van der Waals surface area contributed by atoms with Crippen molar-refractivity contribution in [2.45, 2.75) is 0 Å². The fourth-order valence-corrected chi connectivity index (χ4v) is 1.18. The molecule has 19 heavy (non-hydrogen) atoms. The Balaban J connectivity index is 3.38. The highest BCUT2D eigenvalue weighted by Gasteiger charge is 2.15. The summed E-state index contributed by atoms with van der Waals surface area (Å²) < 4.78 is 26.2. The average molecular weight is 255 g/mol. The zero-order valence-electron chi connectivity index (χ0n) is 9.20. The summed E-state index contributed by atoms with van der Waals surface area (Å²) in [7, 11) is 0. The zero-order chi connectivity index (χ0) is 14.4. The Kier molecular flexibility index (Phi) is 4.15. The van der Waals surface area contributed by atoms with E-state index >= 15 is 0 Å². The molecule has 1 aromatic carbocycles. The van der Waals surface area contributed by atoms with Crippen LogP contribution in [0.4, 0.5) is 14.5 Å². The van der Waals surface area contributed by atoms with E-state index in [0.717, 1.165) is 12.1 Å². The molecule has 0 amide bonds. The Morgan fingerprint density at radius 1 is 1.00 bits per heavy atom. The van der Waals surface area contributed by atoms with Crippen LogP contribution in [0.1, 0.15) is 5.56 Å². The summed E-state index contributed by atoms with van der Waals surface area (Å²) in [5.74, 6) is -2.59. The predicted molar refractivity (Wildman–Crippen MR) is 58.6 cm³/mol. The first kappa shape index (κ1) is 13.6. The number of nitriles is 4. The van der Waals surface area contributed by atoms with E-state index < -0.39 is 28.5 Å². The molecule has 0 saturated carbocycles. The summed E-state index contributed by atoms with van der Waals surface area (Å²) in [4.78, 5) is 0. The Labute approximate surface area is 106 Å². The van der Waals surface area contributed by atoms with Gasteiger partial charge in [0.05, 0.1) is 5.69 Å². The Bertz CT molecular complexity index is 707. The molecule has 0 unspecified atom stereocenters.